The van der Waals surface area contributed by atoms with E-state index in [-0.39, 0.29) is 24.6 Å². The first-order valence-corrected chi connectivity index (χ1v) is 8.47. The number of piperidine rings is 1. The maximum Gasteiger partial charge on any atom is 0.410 e. The fraction of sp³-hybridized carbons (Fsp3) is 0.556. The highest BCUT2D eigenvalue weighted by Crippen LogP contribution is 2.19. The van der Waals surface area contributed by atoms with Gasteiger partial charge in [0, 0.05) is 20.1 Å². The van der Waals surface area contributed by atoms with Crippen molar-refractivity contribution >= 4 is 12.0 Å². The molecular weight excluding hydrogens is 306 g/mol. The van der Waals surface area contributed by atoms with Crippen LogP contribution in [0.4, 0.5) is 4.79 Å². The van der Waals surface area contributed by atoms with E-state index in [1.54, 1.807) is 23.8 Å². The Morgan fingerprint density at radius 3 is 2.71 bits per heavy atom. The molecule has 1 aromatic carbocycles. The molecule has 0 unspecified atom stereocenters. The van der Waals surface area contributed by atoms with Gasteiger partial charge in [-0.3, -0.25) is 4.79 Å². The zero-order chi connectivity index (χ0) is 17.5. The largest absolute Gasteiger partial charge is 0.445 e. The van der Waals surface area contributed by atoms with Crippen molar-refractivity contribution in [3.63, 3.8) is 0 Å². The minimum atomic E-state index is -0.530. The molecule has 0 aromatic heterocycles. The van der Waals surface area contributed by atoms with Gasteiger partial charge in [-0.15, -0.1) is 0 Å². The SMILES string of the molecule is C[C@H](N)C(=O)N(C)C[C@@H]1CCCCN1C(=O)OCc1ccccc1. The Morgan fingerprint density at radius 1 is 1.33 bits per heavy atom. The standard InChI is InChI=1S/C18H27N3O3/c1-14(19)17(22)20(2)12-16-10-6-7-11-21(16)18(23)24-13-15-8-4-3-5-9-15/h3-5,8-9,14,16H,6-7,10-13,19H2,1-2H3/t14-,16-/m0/s1. The summed E-state index contributed by atoms with van der Waals surface area (Å²) in [6.45, 7) is 3.09. The summed E-state index contributed by atoms with van der Waals surface area (Å²) >= 11 is 0. The zero-order valence-corrected chi connectivity index (χ0v) is 14.5. The lowest BCUT2D eigenvalue weighted by atomic mass is 10.0. The molecule has 1 aliphatic rings. The molecule has 0 saturated carbocycles. The number of nitrogens with two attached hydrogens (primary N) is 1. The van der Waals surface area contributed by atoms with Crippen molar-refractivity contribution in [1.29, 1.82) is 0 Å². The molecule has 0 spiro atoms. The van der Waals surface area contributed by atoms with Gasteiger partial charge in [-0.2, -0.15) is 0 Å². The van der Waals surface area contributed by atoms with Crippen LogP contribution in [0.5, 0.6) is 0 Å². The third-order valence-corrected chi connectivity index (χ3v) is 4.32. The molecule has 6 nitrogen and oxygen atoms in total. The van der Waals surface area contributed by atoms with E-state index in [0.717, 1.165) is 24.8 Å². The number of nitrogens with zero attached hydrogens (tertiary/aromatic N) is 2. The molecule has 1 saturated heterocycles. The van der Waals surface area contributed by atoms with Crippen LogP contribution in [-0.2, 0) is 16.1 Å². The molecule has 2 amide bonds. The van der Waals surface area contributed by atoms with Gasteiger partial charge in [-0.05, 0) is 31.7 Å². The van der Waals surface area contributed by atoms with Gasteiger partial charge < -0.3 is 20.3 Å². The molecule has 132 valence electrons. The highest BCUT2D eigenvalue weighted by molar-refractivity contribution is 5.81. The molecule has 1 fully saturated rings. The summed E-state index contributed by atoms with van der Waals surface area (Å²) < 4.78 is 5.45. The fourth-order valence-electron chi connectivity index (χ4n) is 2.99. The monoisotopic (exact) mass is 333 g/mol. The Hall–Kier alpha value is -2.08. The fourth-order valence-corrected chi connectivity index (χ4v) is 2.99. The topological polar surface area (TPSA) is 75.9 Å². The number of benzene rings is 1. The summed E-state index contributed by atoms with van der Waals surface area (Å²) in [7, 11) is 1.73. The lowest BCUT2D eigenvalue weighted by Crippen LogP contribution is -2.51. The minimum Gasteiger partial charge on any atom is -0.445 e. The summed E-state index contributed by atoms with van der Waals surface area (Å²) in [5.41, 5.74) is 6.61. The van der Waals surface area contributed by atoms with Crippen molar-refractivity contribution in [1.82, 2.24) is 9.80 Å². The molecule has 1 aliphatic heterocycles. The predicted molar refractivity (Wildman–Crippen MR) is 92.3 cm³/mol. The van der Waals surface area contributed by atoms with Gasteiger partial charge >= 0.3 is 6.09 Å². The number of amides is 2. The third-order valence-electron chi connectivity index (χ3n) is 4.32. The number of carbonyl (C=O) groups is 2. The number of carbonyl (C=O) groups excluding carboxylic acids is 2. The molecule has 24 heavy (non-hydrogen) atoms. The highest BCUT2D eigenvalue weighted by Gasteiger charge is 2.30. The number of likely N-dealkylation sites (tertiary alicyclic amines) is 1. The average Bonchev–Trinajstić information content (AvgIpc) is 2.60. The first kappa shape index (κ1) is 18.3. The van der Waals surface area contributed by atoms with E-state index in [2.05, 4.69) is 0 Å². The summed E-state index contributed by atoms with van der Waals surface area (Å²) in [6.07, 6.45) is 2.57. The Morgan fingerprint density at radius 2 is 2.04 bits per heavy atom. The van der Waals surface area contributed by atoms with E-state index >= 15 is 0 Å². The zero-order valence-electron chi connectivity index (χ0n) is 14.5. The summed E-state index contributed by atoms with van der Waals surface area (Å²) in [5.74, 6) is -0.113. The third kappa shape index (κ3) is 4.96. The summed E-state index contributed by atoms with van der Waals surface area (Å²) in [5, 5.41) is 0. The van der Waals surface area contributed by atoms with E-state index in [9.17, 15) is 9.59 Å². The normalized spacial score (nSPS) is 18.8. The van der Waals surface area contributed by atoms with E-state index in [0.29, 0.717) is 13.1 Å². The van der Waals surface area contributed by atoms with Crippen LogP contribution in [0.2, 0.25) is 0 Å². The average molecular weight is 333 g/mol. The van der Waals surface area contributed by atoms with E-state index in [1.165, 1.54) is 0 Å². The highest BCUT2D eigenvalue weighted by atomic mass is 16.6. The van der Waals surface area contributed by atoms with Crippen LogP contribution in [0.25, 0.3) is 0 Å². The van der Waals surface area contributed by atoms with E-state index in [4.69, 9.17) is 10.5 Å². The molecule has 1 heterocycles. The molecule has 0 radical (unpaired) electrons. The maximum atomic E-state index is 12.4. The minimum absolute atomic E-state index is 0.0188. The van der Waals surface area contributed by atoms with E-state index in [1.807, 2.05) is 30.3 Å². The second kappa shape index (κ2) is 8.68. The quantitative estimate of drug-likeness (QED) is 0.894. The molecule has 2 N–H and O–H groups in total. The predicted octanol–water partition coefficient (Wildman–Crippen LogP) is 1.98. The van der Waals surface area contributed by atoms with Crippen molar-refractivity contribution in [2.45, 2.75) is 44.9 Å². The maximum absolute atomic E-state index is 12.4. The van der Waals surface area contributed by atoms with Crippen LogP contribution in [0, 0.1) is 0 Å². The Labute approximate surface area is 143 Å². The van der Waals surface area contributed by atoms with Gasteiger partial charge in [-0.25, -0.2) is 4.79 Å². The summed E-state index contributed by atoms with van der Waals surface area (Å²) in [4.78, 5) is 27.8. The lowest BCUT2D eigenvalue weighted by Gasteiger charge is -2.37. The number of hydrogen-bond acceptors (Lipinski definition) is 4. The van der Waals surface area contributed by atoms with Crippen molar-refractivity contribution in [3.05, 3.63) is 35.9 Å². The van der Waals surface area contributed by atoms with Gasteiger partial charge in [0.1, 0.15) is 6.61 Å². The lowest BCUT2D eigenvalue weighted by molar-refractivity contribution is -0.131. The molecule has 6 heteroatoms. The van der Waals surface area contributed by atoms with Gasteiger partial charge in [-0.1, -0.05) is 30.3 Å². The van der Waals surface area contributed by atoms with Crippen molar-refractivity contribution in [2.75, 3.05) is 20.1 Å². The number of likely N-dealkylation sites (N-methyl/N-ethyl adjacent to an activating group) is 1. The molecule has 1 aromatic rings. The second-order valence-electron chi connectivity index (χ2n) is 6.39. The van der Waals surface area contributed by atoms with Crippen LogP contribution in [0.1, 0.15) is 31.7 Å². The van der Waals surface area contributed by atoms with Crippen molar-refractivity contribution < 1.29 is 14.3 Å². The van der Waals surface area contributed by atoms with Crippen molar-refractivity contribution in [2.24, 2.45) is 5.73 Å². The van der Waals surface area contributed by atoms with Gasteiger partial charge in [0.2, 0.25) is 5.91 Å². The van der Waals surface area contributed by atoms with Crippen LogP contribution < -0.4 is 5.73 Å². The smallest absolute Gasteiger partial charge is 0.410 e. The second-order valence-corrected chi connectivity index (χ2v) is 6.39. The van der Waals surface area contributed by atoms with Gasteiger partial charge in [0.25, 0.3) is 0 Å². The number of hydrogen-bond donors (Lipinski definition) is 1. The molecule has 2 atom stereocenters. The Bertz CT molecular complexity index is 548. The first-order valence-electron chi connectivity index (χ1n) is 8.47. The molecule has 0 bridgehead atoms. The number of rotatable bonds is 5. The first-order chi connectivity index (χ1) is 11.5. The molecule has 0 aliphatic carbocycles. The van der Waals surface area contributed by atoms with Crippen LogP contribution in [-0.4, -0.2) is 54.0 Å². The van der Waals surface area contributed by atoms with Crippen LogP contribution >= 0.6 is 0 Å². The van der Waals surface area contributed by atoms with Crippen LogP contribution in [0.3, 0.4) is 0 Å². The Kier molecular flexibility index (Phi) is 6.61. The van der Waals surface area contributed by atoms with E-state index < -0.39 is 6.04 Å². The molecular formula is C18H27N3O3. The van der Waals surface area contributed by atoms with Crippen molar-refractivity contribution in [3.8, 4) is 0 Å². The van der Waals surface area contributed by atoms with Gasteiger partial charge in [0.05, 0.1) is 12.1 Å². The summed E-state index contributed by atoms with van der Waals surface area (Å²) in [6, 6.07) is 9.07. The van der Waals surface area contributed by atoms with Gasteiger partial charge in [0.15, 0.2) is 0 Å². The molecule has 2 rings (SSSR count). The number of ether oxygens (including phenoxy) is 1. The van der Waals surface area contributed by atoms with Crippen LogP contribution in [0.15, 0.2) is 30.3 Å². The Balaban J connectivity index is 1.92.